The molecule has 0 spiro atoms. The predicted molar refractivity (Wildman–Crippen MR) is 111 cm³/mol. The van der Waals surface area contributed by atoms with Crippen molar-refractivity contribution in [1.29, 1.82) is 0 Å². The summed E-state index contributed by atoms with van der Waals surface area (Å²) in [6.45, 7) is 2.06. The van der Waals surface area contributed by atoms with E-state index in [9.17, 15) is 0 Å². The molecule has 27 heavy (non-hydrogen) atoms. The monoisotopic (exact) mass is 419 g/mol. The molecule has 0 amide bonds. The number of benzene rings is 3. The van der Waals surface area contributed by atoms with E-state index < -0.39 is 0 Å². The van der Waals surface area contributed by atoms with E-state index in [-0.39, 0.29) is 6.04 Å². The number of hydrogen-bond donors (Lipinski definition) is 1. The summed E-state index contributed by atoms with van der Waals surface area (Å²) < 4.78 is 7.10. The predicted octanol–water partition coefficient (Wildman–Crippen LogP) is 6.01. The van der Waals surface area contributed by atoms with E-state index in [2.05, 4.69) is 56.6 Å². The van der Waals surface area contributed by atoms with E-state index in [4.69, 9.17) is 4.42 Å². The smallest absolute Gasteiger partial charge is 0.247 e. The largest absolute Gasteiger partial charge is 0.418 e. The molecule has 0 aliphatic heterocycles. The minimum Gasteiger partial charge on any atom is -0.418 e. The first kappa shape index (κ1) is 17.5. The van der Waals surface area contributed by atoms with E-state index in [1.54, 1.807) is 0 Å². The molecule has 5 heteroatoms. The molecule has 0 unspecified atom stereocenters. The Bertz CT molecular complexity index is 1030. The fourth-order valence-corrected chi connectivity index (χ4v) is 3.13. The Morgan fingerprint density at radius 2 is 1.59 bits per heavy atom. The number of aryl methyl sites for hydroxylation is 1. The van der Waals surface area contributed by atoms with E-state index in [0.717, 1.165) is 26.9 Å². The number of anilines is 1. The number of rotatable bonds is 5. The lowest BCUT2D eigenvalue weighted by molar-refractivity contribution is 0.494. The summed E-state index contributed by atoms with van der Waals surface area (Å²) in [5.41, 5.74) is 4.11. The number of nitrogens with one attached hydrogen (secondary N) is 1. The molecule has 134 valence electrons. The van der Waals surface area contributed by atoms with Crippen LogP contribution in [0.5, 0.6) is 0 Å². The van der Waals surface area contributed by atoms with Crippen molar-refractivity contribution in [2.45, 2.75) is 13.0 Å². The topological polar surface area (TPSA) is 51.0 Å². The average Bonchev–Trinajstić information content (AvgIpc) is 3.20. The minimum atomic E-state index is -0.239. The SMILES string of the molecule is Cc1cc(N[C@@H](c2ccccc2)c2nnc(-c3ccccc3)o2)ccc1Br. The van der Waals surface area contributed by atoms with Gasteiger partial charge in [0.05, 0.1) is 0 Å². The van der Waals surface area contributed by atoms with Gasteiger partial charge in [0.15, 0.2) is 0 Å². The molecule has 1 N–H and O–H groups in total. The van der Waals surface area contributed by atoms with Crippen LogP contribution in [0, 0.1) is 6.92 Å². The first-order valence-corrected chi connectivity index (χ1v) is 9.46. The summed E-state index contributed by atoms with van der Waals surface area (Å²) in [7, 11) is 0. The Balaban J connectivity index is 1.70. The van der Waals surface area contributed by atoms with Gasteiger partial charge in [-0.25, -0.2) is 0 Å². The molecular formula is C22H18BrN3O. The van der Waals surface area contributed by atoms with Crippen LogP contribution in [0.3, 0.4) is 0 Å². The van der Waals surface area contributed by atoms with Crippen LogP contribution in [0.15, 0.2) is 87.8 Å². The Morgan fingerprint density at radius 1 is 0.889 bits per heavy atom. The van der Waals surface area contributed by atoms with Gasteiger partial charge in [-0.2, -0.15) is 0 Å². The van der Waals surface area contributed by atoms with E-state index >= 15 is 0 Å². The van der Waals surface area contributed by atoms with Gasteiger partial charge in [0.1, 0.15) is 6.04 Å². The third-order valence-corrected chi connectivity index (χ3v) is 5.20. The molecule has 0 bridgehead atoms. The molecule has 4 nitrogen and oxygen atoms in total. The standard InChI is InChI=1S/C22H18BrN3O/c1-15-14-18(12-13-19(15)23)24-20(16-8-4-2-5-9-16)22-26-25-21(27-22)17-10-6-3-7-11-17/h2-14,20,24H,1H3/t20-/m0/s1. The molecule has 0 aliphatic rings. The lowest BCUT2D eigenvalue weighted by atomic mass is 10.1. The second-order valence-electron chi connectivity index (χ2n) is 6.26. The van der Waals surface area contributed by atoms with Crippen LogP contribution in [0.25, 0.3) is 11.5 Å². The van der Waals surface area contributed by atoms with Gasteiger partial charge in [-0.15, -0.1) is 10.2 Å². The van der Waals surface area contributed by atoms with Crippen LogP contribution < -0.4 is 5.32 Å². The van der Waals surface area contributed by atoms with Crippen molar-refractivity contribution >= 4 is 21.6 Å². The van der Waals surface area contributed by atoms with Gasteiger partial charge in [0.25, 0.3) is 0 Å². The second kappa shape index (κ2) is 7.76. The lowest BCUT2D eigenvalue weighted by Gasteiger charge is -2.17. The van der Waals surface area contributed by atoms with Crippen LogP contribution in [0.2, 0.25) is 0 Å². The van der Waals surface area contributed by atoms with Crippen LogP contribution >= 0.6 is 15.9 Å². The normalized spacial score (nSPS) is 11.9. The molecule has 1 heterocycles. The van der Waals surface area contributed by atoms with Crippen LogP contribution in [-0.4, -0.2) is 10.2 Å². The number of nitrogens with zero attached hydrogens (tertiary/aromatic N) is 2. The van der Waals surface area contributed by atoms with Crippen molar-refractivity contribution in [3.63, 3.8) is 0 Å². The van der Waals surface area contributed by atoms with Crippen molar-refractivity contribution in [2.75, 3.05) is 5.32 Å². The van der Waals surface area contributed by atoms with Gasteiger partial charge >= 0.3 is 0 Å². The maximum absolute atomic E-state index is 6.02. The summed E-state index contributed by atoms with van der Waals surface area (Å²) in [6, 6.07) is 25.8. The molecule has 3 aromatic carbocycles. The van der Waals surface area contributed by atoms with Crippen molar-refractivity contribution in [3.05, 3.63) is 100 Å². The molecule has 1 atom stereocenters. The van der Waals surface area contributed by atoms with Crippen molar-refractivity contribution in [1.82, 2.24) is 10.2 Å². The summed E-state index contributed by atoms with van der Waals surface area (Å²) in [5, 5.41) is 12.1. The molecule has 1 aromatic heterocycles. The summed E-state index contributed by atoms with van der Waals surface area (Å²) in [5.74, 6) is 1.04. The molecule has 4 rings (SSSR count). The summed E-state index contributed by atoms with van der Waals surface area (Å²) in [4.78, 5) is 0. The Labute approximate surface area is 166 Å². The molecule has 0 radical (unpaired) electrons. The molecular weight excluding hydrogens is 402 g/mol. The third-order valence-electron chi connectivity index (χ3n) is 4.31. The average molecular weight is 420 g/mol. The number of halogens is 1. The quantitative estimate of drug-likeness (QED) is 0.430. The molecule has 0 fully saturated rings. The van der Waals surface area contributed by atoms with Crippen molar-refractivity contribution in [2.24, 2.45) is 0 Å². The van der Waals surface area contributed by atoms with Crippen LogP contribution in [-0.2, 0) is 0 Å². The van der Waals surface area contributed by atoms with Gasteiger partial charge in [0, 0.05) is 15.7 Å². The number of hydrogen-bond acceptors (Lipinski definition) is 4. The van der Waals surface area contributed by atoms with E-state index in [1.807, 2.05) is 60.7 Å². The van der Waals surface area contributed by atoms with Gasteiger partial charge < -0.3 is 9.73 Å². The molecule has 0 saturated carbocycles. The summed E-state index contributed by atoms with van der Waals surface area (Å²) >= 11 is 3.55. The highest BCUT2D eigenvalue weighted by Gasteiger charge is 2.21. The molecule has 0 saturated heterocycles. The zero-order valence-corrected chi connectivity index (χ0v) is 16.3. The highest BCUT2D eigenvalue weighted by atomic mass is 79.9. The Morgan fingerprint density at radius 3 is 2.30 bits per heavy atom. The van der Waals surface area contributed by atoms with Gasteiger partial charge in [0.2, 0.25) is 11.8 Å². The number of aromatic nitrogens is 2. The highest BCUT2D eigenvalue weighted by Crippen LogP contribution is 2.29. The van der Waals surface area contributed by atoms with Crippen molar-refractivity contribution < 1.29 is 4.42 Å². The van der Waals surface area contributed by atoms with E-state index in [1.165, 1.54) is 0 Å². The maximum atomic E-state index is 6.02. The zero-order chi connectivity index (χ0) is 18.6. The van der Waals surface area contributed by atoms with E-state index in [0.29, 0.717) is 11.8 Å². The Kier molecular flexibility index (Phi) is 5.03. The Hall–Kier alpha value is -2.92. The van der Waals surface area contributed by atoms with Crippen molar-refractivity contribution in [3.8, 4) is 11.5 Å². The van der Waals surface area contributed by atoms with Gasteiger partial charge in [-0.05, 0) is 48.4 Å². The van der Waals surface area contributed by atoms with Gasteiger partial charge in [-0.1, -0.05) is 64.5 Å². The third kappa shape index (κ3) is 3.93. The van der Waals surface area contributed by atoms with Crippen LogP contribution in [0.4, 0.5) is 5.69 Å². The fourth-order valence-electron chi connectivity index (χ4n) is 2.88. The highest BCUT2D eigenvalue weighted by molar-refractivity contribution is 9.10. The molecule has 0 aliphatic carbocycles. The fraction of sp³-hybridized carbons (Fsp3) is 0.0909. The first-order chi connectivity index (χ1) is 13.2. The maximum Gasteiger partial charge on any atom is 0.247 e. The second-order valence-corrected chi connectivity index (χ2v) is 7.12. The molecule has 4 aromatic rings. The lowest BCUT2D eigenvalue weighted by Crippen LogP contribution is -2.13. The zero-order valence-electron chi connectivity index (χ0n) is 14.8. The summed E-state index contributed by atoms with van der Waals surface area (Å²) in [6.07, 6.45) is 0. The minimum absolute atomic E-state index is 0.239. The van der Waals surface area contributed by atoms with Crippen LogP contribution in [0.1, 0.15) is 23.1 Å². The van der Waals surface area contributed by atoms with Gasteiger partial charge in [-0.3, -0.25) is 0 Å². The first-order valence-electron chi connectivity index (χ1n) is 8.67.